The number of hydrogen-bond acceptors (Lipinski definition) is 3. The summed E-state index contributed by atoms with van der Waals surface area (Å²) in [5.74, 6) is 0.487. The summed E-state index contributed by atoms with van der Waals surface area (Å²) in [5.41, 5.74) is 6.71. The molecule has 1 aliphatic rings. The molecule has 0 spiro atoms. The number of nitrogens with two attached hydrogens (primary N) is 1. The minimum atomic E-state index is -0.252. The van der Waals surface area contributed by atoms with Crippen LogP contribution in [0.5, 0.6) is 0 Å². The molecule has 1 aliphatic heterocycles. The smallest absolute Gasteiger partial charge is 0.319 e. The summed E-state index contributed by atoms with van der Waals surface area (Å²) < 4.78 is 5.27. The summed E-state index contributed by atoms with van der Waals surface area (Å²) in [6, 6.07) is 4.74. The first-order valence-electron chi connectivity index (χ1n) is 6.33. The average Bonchev–Trinajstić information content (AvgIpc) is 2.41. The second-order valence-corrected chi connectivity index (χ2v) is 5.04. The first-order chi connectivity index (χ1) is 9.15. The van der Waals surface area contributed by atoms with Gasteiger partial charge in [0.15, 0.2) is 0 Å². The van der Waals surface area contributed by atoms with Gasteiger partial charge in [-0.2, -0.15) is 0 Å². The van der Waals surface area contributed by atoms with Crippen molar-refractivity contribution in [3.8, 4) is 0 Å². The van der Waals surface area contributed by atoms with E-state index in [2.05, 4.69) is 10.6 Å². The van der Waals surface area contributed by atoms with Gasteiger partial charge >= 0.3 is 6.03 Å². The first kappa shape index (κ1) is 14.0. The van der Waals surface area contributed by atoms with Crippen LogP contribution >= 0.6 is 11.6 Å². The Morgan fingerprint density at radius 2 is 2.16 bits per heavy atom. The van der Waals surface area contributed by atoms with E-state index >= 15 is 0 Å². The summed E-state index contributed by atoms with van der Waals surface area (Å²) in [6.07, 6.45) is 1.98. The topological polar surface area (TPSA) is 76.4 Å². The molecular formula is C13H18ClN3O2. The van der Waals surface area contributed by atoms with Crippen molar-refractivity contribution in [2.24, 2.45) is 5.92 Å². The van der Waals surface area contributed by atoms with Gasteiger partial charge in [0.2, 0.25) is 0 Å². The van der Waals surface area contributed by atoms with Crippen molar-refractivity contribution in [2.75, 3.05) is 30.8 Å². The molecule has 0 radical (unpaired) electrons. The zero-order valence-corrected chi connectivity index (χ0v) is 11.4. The van der Waals surface area contributed by atoms with Gasteiger partial charge in [-0.25, -0.2) is 4.79 Å². The van der Waals surface area contributed by atoms with Crippen LogP contribution in [0.4, 0.5) is 16.2 Å². The van der Waals surface area contributed by atoms with Crippen molar-refractivity contribution in [3.63, 3.8) is 0 Å². The van der Waals surface area contributed by atoms with Gasteiger partial charge in [-0.05, 0) is 37.0 Å². The highest BCUT2D eigenvalue weighted by atomic mass is 35.5. The van der Waals surface area contributed by atoms with Gasteiger partial charge in [0.05, 0.1) is 10.7 Å². The van der Waals surface area contributed by atoms with Gasteiger partial charge in [-0.15, -0.1) is 0 Å². The number of amides is 2. The van der Waals surface area contributed by atoms with Crippen LogP contribution in [-0.4, -0.2) is 25.8 Å². The maximum atomic E-state index is 11.7. The van der Waals surface area contributed by atoms with E-state index < -0.39 is 0 Å². The molecule has 1 saturated heterocycles. The summed E-state index contributed by atoms with van der Waals surface area (Å²) in [5, 5.41) is 5.99. The molecule has 0 bridgehead atoms. The highest BCUT2D eigenvalue weighted by Crippen LogP contribution is 2.23. The number of halogens is 1. The second kappa shape index (κ2) is 6.63. The minimum Gasteiger partial charge on any atom is -0.399 e. The molecule has 1 aromatic rings. The summed E-state index contributed by atoms with van der Waals surface area (Å²) in [7, 11) is 0. The largest absolute Gasteiger partial charge is 0.399 e. The Hall–Kier alpha value is -1.46. The van der Waals surface area contributed by atoms with E-state index in [1.54, 1.807) is 18.2 Å². The number of benzene rings is 1. The number of nitrogen functional groups attached to an aromatic ring is 1. The Kier molecular flexibility index (Phi) is 4.87. The van der Waals surface area contributed by atoms with E-state index in [4.69, 9.17) is 22.1 Å². The van der Waals surface area contributed by atoms with Gasteiger partial charge in [0.25, 0.3) is 0 Å². The molecule has 1 fully saturated rings. The Bertz CT molecular complexity index is 448. The molecule has 4 N–H and O–H groups in total. The molecule has 0 aromatic heterocycles. The number of urea groups is 1. The summed E-state index contributed by atoms with van der Waals surface area (Å²) >= 11 is 5.98. The lowest BCUT2D eigenvalue weighted by Crippen LogP contribution is -2.35. The highest BCUT2D eigenvalue weighted by molar-refractivity contribution is 6.34. The van der Waals surface area contributed by atoms with Crippen molar-refractivity contribution in [1.82, 2.24) is 5.32 Å². The van der Waals surface area contributed by atoms with Crippen LogP contribution in [0.3, 0.4) is 0 Å². The number of carbonyl (C=O) groups is 1. The number of anilines is 2. The van der Waals surface area contributed by atoms with E-state index in [0.29, 0.717) is 28.9 Å². The fourth-order valence-corrected chi connectivity index (χ4v) is 2.22. The maximum Gasteiger partial charge on any atom is 0.319 e. The van der Waals surface area contributed by atoms with E-state index in [-0.39, 0.29) is 6.03 Å². The fraction of sp³-hybridized carbons (Fsp3) is 0.462. The lowest BCUT2D eigenvalue weighted by Gasteiger charge is -2.22. The van der Waals surface area contributed by atoms with Gasteiger partial charge in [-0.1, -0.05) is 11.6 Å². The SMILES string of the molecule is Nc1ccc(NC(=O)NCC2CCOCC2)c(Cl)c1. The molecule has 1 heterocycles. The van der Waals surface area contributed by atoms with Crippen molar-refractivity contribution in [3.05, 3.63) is 23.2 Å². The van der Waals surface area contributed by atoms with Gasteiger partial charge in [-0.3, -0.25) is 0 Å². The minimum absolute atomic E-state index is 0.252. The quantitative estimate of drug-likeness (QED) is 0.746. The Morgan fingerprint density at radius 3 is 2.84 bits per heavy atom. The highest BCUT2D eigenvalue weighted by Gasteiger charge is 2.14. The molecule has 2 amide bonds. The van der Waals surface area contributed by atoms with Crippen LogP contribution in [0.2, 0.25) is 5.02 Å². The number of carbonyl (C=O) groups excluding carboxylic acids is 1. The van der Waals surface area contributed by atoms with E-state index in [9.17, 15) is 4.79 Å². The van der Waals surface area contributed by atoms with Crippen LogP contribution in [0.15, 0.2) is 18.2 Å². The molecular weight excluding hydrogens is 266 g/mol. The third-order valence-electron chi connectivity index (χ3n) is 3.13. The Balaban J connectivity index is 1.80. The Labute approximate surface area is 117 Å². The van der Waals surface area contributed by atoms with Crippen molar-refractivity contribution >= 4 is 29.0 Å². The molecule has 1 aromatic carbocycles. The molecule has 0 saturated carbocycles. The molecule has 104 valence electrons. The van der Waals surface area contributed by atoms with Crippen LogP contribution in [0.1, 0.15) is 12.8 Å². The third kappa shape index (κ3) is 4.29. The van der Waals surface area contributed by atoms with E-state index in [1.807, 2.05) is 0 Å². The normalized spacial score (nSPS) is 16.1. The third-order valence-corrected chi connectivity index (χ3v) is 3.45. The number of ether oxygens (including phenoxy) is 1. The van der Waals surface area contributed by atoms with E-state index in [1.165, 1.54) is 0 Å². The molecule has 0 aliphatic carbocycles. The molecule has 0 atom stereocenters. The van der Waals surface area contributed by atoms with Crippen molar-refractivity contribution in [2.45, 2.75) is 12.8 Å². The van der Waals surface area contributed by atoms with Crippen LogP contribution < -0.4 is 16.4 Å². The molecule has 6 heteroatoms. The zero-order valence-electron chi connectivity index (χ0n) is 10.6. The monoisotopic (exact) mass is 283 g/mol. The van der Waals surface area contributed by atoms with Gasteiger partial charge in [0.1, 0.15) is 0 Å². The van der Waals surface area contributed by atoms with E-state index in [0.717, 1.165) is 26.1 Å². The predicted molar refractivity (Wildman–Crippen MR) is 76.4 cm³/mol. The Morgan fingerprint density at radius 1 is 1.42 bits per heavy atom. The molecule has 0 unspecified atom stereocenters. The molecule has 2 rings (SSSR count). The van der Waals surface area contributed by atoms with Crippen LogP contribution in [-0.2, 0) is 4.74 Å². The van der Waals surface area contributed by atoms with Crippen LogP contribution in [0, 0.1) is 5.92 Å². The predicted octanol–water partition coefficient (Wildman–Crippen LogP) is 2.47. The maximum absolute atomic E-state index is 11.7. The number of nitrogens with one attached hydrogen (secondary N) is 2. The molecule has 19 heavy (non-hydrogen) atoms. The van der Waals surface area contributed by atoms with Crippen molar-refractivity contribution in [1.29, 1.82) is 0 Å². The van der Waals surface area contributed by atoms with Gasteiger partial charge in [0, 0.05) is 25.4 Å². The summed E-state index contributed by atoms with van der Waals surface area (Å²) in [4.78, 5) is 11.7. The lowest BCUT2D eigenvalue weighted by molar-refractivity contribution is 0.0671. The molecule has 5 nitrogen and oxygen atoms in total. The first-order valence-corrected chi connectivity index (χ1v) is 6.70. The fourth-order valence-electron chi connectivity index (χ4n) is 1.99. The van der Waals surface area contributed by atoms with Crippen molar-refractivity contribution < 1.29 is 9.53 Å². The number of hydrogen-bond donors (Lipinski definition) is 3. The summed E-state index contributed by atoms with van der Waals surface area (Å²) in [6.45, 7) is 2.21. The van der Waals surface area contributed by atoms with Crippen LogP contribution in [0.25, 0.3) is 0 Å². The average molecular weight is 284 g/mol. The zero-order chi connectivity index (χ0) is 13.7. The standard InChI is InChI=1S/C13H18ClN3O2/c14-11-7-10(15)1-2-12(11)17-13(18)16-8-9-3-5-19-6-4-9/h1-2,7,9H,3-6,8,15H2,(H2,16,17,18). The second-order valence-electron chi connectivity index (χ2n) is 4.63. The number of rotatable bonds is 3. The lowest BCUT2D eigenvalue weighted by atomic mass is 10.0. The van der Waals surface area contributed by atoms with Gasteiger partial charge < -0.3 is 21.1 Å².